The summed E-state index contributed by atoms with van der Waals surface area (Å²) in [4.78, 5) is 46.3. The van der Waals surface area contributed by atoms with Gasteiger partial charge in [0, 0.05) is 0 Å². The number of aliphatic hydroxyl groups is 4. The molecule has 1 saturated heterocycles. The number of Topliss-reactive ketones (excluding diaryl/α,β-unsaturated/α-hetero) is 3. The molecule has 1 heterocycles. The third-order valence-electron chi connectivity index (χ3n) is 3.73. The van der Waals surface area contributed by atoms with E-state index < -0.39 is 59.3 Å². The Bertz CT molecular complexity index is 580. The number of ether oxygens (including phenoxy) is 1. The van der Waals surface area contributed by atoms with Gasteiger partial charge in [-0.15, -0.1) is 0 Å². The molecule has 1 unspecified atom stereocenters. The van der Waals surface area contributed by atoms with Crippen molar-refractivity contribution in [2.45, 2.75) is 37.1 Å². The number of allylic oxidation sites excluding steroid dienone is 2. The van der Waals surface area contributed by atoms with Crippen LogP contribution in [-0.2, 0) is 23.9 Å². The highest BCUT2D eigenvalue weighted by Crippen LogP contribution is 2.32. The SMILES string of the molecule is C[C@@H]1O[C@](O)(C(=O)C2C=CC(=O)C(=O)C2=O)[C@H](O)[C@H](O)[C@H]1O. The lowest BCUT2D eigenvalue weighted by Crippen LogP contribution is -2.68. The predicted octanol–water partition coefficient (Wildman–Crippen LogP) is -3.36. The van der Waals surface area contributed by atoms with Gasteiger partial charge in [0.2, 0.25) is 17.3 Å². The maximum absolute atomic E-state index is 12.3. The van der Waals surface area contributed by atoms with Crippen molar-refractivity contribution in [2.75, 3.05) is 0 Å². The fourth-order valence-corrected chi connectivity index (χ4v) is 2.36. The van der Waals surface area contributed by atoms with Crippen LogP contribution in [0.25, 0.3) is 0 Å². The Balaban J connectivity index is 2.35. The van der Waals surface area contributed by atoms with E-state index in [1.807, 2.05) is 0 Å². The molecular weight excluding hydrogens is 300 g/mol. The highest BCUT2D eigenvalue weighted by molar-refractivity contribution is 6.68. The van der Waals surface area contributed by atoms with Crippen LogP contribution in [0.5, 0.6) is 0 Å². The van der Waals surface area contributed by atoms with Crippen LogP contribution in [0.1, 0.15) is 6.92 Å². The minimum atomic E-state index is -3.00. The Morgan fingerprint density at radius 1 is 1.18 bits per heavy atom. The summed E-state index contributed by atoms with van der Waals surface area (Å²) in [5, 5.41) is 39.2. The molecule has 1 aliphatic carbocycles. The van der Waals surface area contributed by atoms with Crippen LogP contribution in [0.2, 0.25) is 0 Å². The van der Waals surface area contributed by atoms with Gasteiger partial charge in [0.05, 0.1) is 6.10 Å². The van der Waals surface area contributed by atoms with Crippen LogP contribution in [0, 0.1) is 5.92 Å². The summed E-state index contributed by atoms with van der Waals surface area (Å²) < 4.78 is 4.86. The van der Waals surface area contributed by atoms with Crippen molar-refractivity contribution in [1.82, 2.24) is 0 Å². The average molecular weight is 314 g/mol. The topological polar surface area (TPSA) is 158 Å². The molecule has 1 fully saturated rings. The summed E-state index contributed by atoms with van der Waals surface area (Å²) >= 11 is 0. The molecule has 2 rings (SSSR count). The Hall–Kier alpha value is -1.78. The molecule has 4 N–H and O–H groups in total. The van der Waals surface area contributed by atoms with E-state index in [1.165, 1.54) is 6.92 Å². The Morgan fingerprint density at radius 2 is 1.77 bits per heavy atom. The first kappa shape index (κ1) is 16.6. The van der Waals surface area contributed by atoms with E-state index in [-0.39, 0.29) is 0 Å². The quantitative estimate of drug-likeness (QED) is 0.301. The second kappa shape index (κ2) is 5.45. The van der Waals surface area contributed by atoms with Crippen molar-refractivity contribution in [3.8, 4) is 0 Å². The van der Waals surface area contributed by atoms with Gasteiger partial charge in [-0.25, -0.2) is 0 Å². The van der Waals surface area contributed by atoms with Crippen molar-refractivity contribution in [3.63, 3.8) is 0 Å². The summed E-state index contributed by atoms with van der Waals surface area (Å²) in [5.74, 6) is -10.1. The zero-order valence-corrected chi connectivity index (χ0v) is 11.4. The van der Waals surface area contributed by atoms with Gasteiger partial charge >= 0.3 is 0 Å². The normalized spacial score (nSPS) is 42.6. The molecule has 120 valence electrons. The average Bonchev–Trinajstić information content (AvgIpc) is 2.48. The van der Waals surface area contributed by atoms with E-state index in [1.54, 1.807) is 0 Å². The fourth-order valence-electron chi connectivity index (χ4n) is 2.36. The smallest absolute Gasteiger partial charge is 0.269 e. The highest BCUT2D eigenvalue weighted by Gasteiger charge is 2.58. The zero-order chi connectivity index (χ0) is 16.8. The van der Waals surface area contributed by atoms with Crippen LogP contribution in [0.15, 0.2) is 12.2 Å². The molecule has 6 atom stereocenters. The molecule has 9 heteroatoms. The van der Waals surface area contributed by atoms with E-state index in [0.717, 1.165) is 6.08 Å². The molecule has 0 bridgehead atoms. The molecule has 1 aliphatic heterocycles. The van der Waals surface area contributed by atoms with Crippen LogP contribution < -0.4 is 0 Å². The lowest BCUT2D eigenvalue weighted by molar-refractivity contribution is -0.324. The summed E-state index contributed by atoms with van der Waals surface area (Å²) in [6, 6.07) is 0. The van der Waals surface area contributed by atoms with E-state index >= 15 is 0 Å². The maximum Gasteiger partial charge on any atom is 0.269 e. The van der Waals surface area contributed by atoms with Crippen LogP contribution >= 0.6 is 0 Å². The van der Waals surface area contributed by atoms with Crippen molar-refractivity contribution in [1.29, 1.82) is 0 Å². The van der Waals surface area contributed by atoms with Crippen LogP contribution in [0.3, 0.4) is 0 Å². The number of hydrogen-bond donors (Lipinski definition) is 4. The number of aliphatic hydroxyl groups excluding tert-OH is 3. The maximum atomic E-state index is 12.3. The molecule has 22 heavy (non-hydrogen) atoms. The van der Waals surface area contributed by atoms with E-state index in [2.05, 4.69) is 0 Å². The van der Waals surface area contributed by atoms with Crippen molar-refractivity contribution < 1.29 is 44.3 Å². The third kappa shape index (κ3) is 2.32. The minimum Gasteiger partial charge on any atom is -0.388 e. The Labute approximate surface area is 123 Å². The summed E-state index contributed by atoms with van der Waals surface area (Å²) in [5.41, 5.74) is 0. The number of rotatable bonds is 2. The first-order chi connectivity index (χ1) is 10.1. The molecule has 9 nitrogen and oxygen atoms in total. The van der Waals surface area contributed by atoms with E-state index in [4.69, 9.17) is 4.74 Å². The summed E-state index contributed by atoms with van der Waals surface area (Å²) in [6.07, 6.45) is -5.42. The predicted molar refractivity (Wildman–Crippen MR) is 66.2 cm³/mol. The van der Waals surface area contributed by atoms with Gasteiger partial charge in [-0.3, -0.25) is 19.2 Å². The van der Waals surface area contributed by atoms with Crippen LogP contribution in [0.4, 0.5) is 0 Å². The molecule has 0 aromatic heterocycles. The monoisotopic (exact) mass is 314 g/mol. The standard InChI is InChI=1S/C13H14O9/c1-4-7(15)10(18)12(20)13(21,22-4)11(19)5-2-3-6(14)9(17)8(5)16/h2-5,7,10,12,15,18,20-21H,1H3/t4-,5?,7-,10+,12+,13+/m0/s1. The molecule has 0 radical (unpaired) electrons. The molecule has 0 aromatic rings. The third-order valence-corrected chi connectivity index (χ3v) is 3.73. The van der Waals surface area contributed by atoms with Crippen molar-refractivity contribution in [3.05, 3.63) is 12.2 Å². The Kier molecular flexibility index (Phi) is 4.11. The van der Waals surface area contributed by atoms with Gasteiger partial charge in [0.15, 0.2) is 0 Å². The van der Waals surface area contributed by atoms with Gasteiger partial charge in [-0.05, 0) is 13.0 Å². The van der Waals surface area contributed by atoms with Crippen LogP contribution in [-0.4, -0.2) is 73.8 Å². The fraction of sp³-hybridized carbons (Fsp3) is 0.538. The minimum absolute atomic E-state index is 0.708. The lowest BCUT2D eigenvalue weighted by Gasteiger charge is -2.44. The van der Waals surface area contributed by atoms with Gasteiger partial charge in [-0.2, -0.15) is 0 Å². The van der Waals surface area contributed by atoms with Crippen molar-refractivity contribution >= 4 is 23.1 Å². The first-order valence-corrected chi connectivity index (χ1v) is 6.40. The summed E-state index contributed by atoms with van der Waals surface area (Å²) in [6.45, 7) is 1.23. The lowest BCUT2D eigenvalue weighted by atomic mass is 9.81. The van der Waals surface area contributed by atoms with Gasteiger partial charge < -0.3 is 25.2 Å². The first-order valence-electron chi connectivity index (χ1n) is 6.40. The number of hydrogen-bond acceptors (Lipinski definition) is 9. The molecule has 0 aromatic carbocycles. The van der Waals surface area contributed by atoms with Gasteiger partial charge in [-0.1, -0.05) is 6.08 Å². The van der Waals surface area contributed by atoms with E-state index in [0.29, 0.717) is 6.08 Å². The number of ketones is 4. The second-order valence-electron chi connectivity index (χ2n) is 5.20. The van der Waals surface area contributed by atoms with E-state index in [9.17, 15) is 39.6 Å². The summed E-state index contributed by atoms with van der Waals surface area (Å²) in [7, 11) is 0. The molecule has 2 aliphatic rings. The largest absolute Gasteiger partial charge is 0.388 e. The number of carbonyl (C=O) groups excluding carboxylic acids is 4. The highest BCUT2D eigenvalue weighted by atomic mass is 16.7. The zero-order valence-electron chi connectivity index (χ0n) is 11.4. The molecule has 0 spiro atoms. The van der Waals surface area contributed by atoms with Gasteiger partial charge in [0.25, 0.3) is 11.6 Å². The van der Waals surface area contributed by atoms with Crippen molar-refractivity contribution in [2.24, 2.45) is 5.92 Å². The molecular formula is C13H14O9. The Morgan fingerprint density at radius 3 is 2.36 bits per heavy atom. The second-order valence-corrected chi connectivity index (χ2v) is 5.20. The molecule has 0 amide bonds. The molecule has 0 saturated carbocycles. The van der Waals surface area contributed by atoms with Gasteiger partial charge in [0.1, 0.15) is 24.2 Å². The number of carbonyl (C=O) groups is 4.